The van der Waals surface area contributed by atoms with Gasteiger partial charge in [-0.15, -0.1) is 0 Å². The molecule has 1 heterocycles. The third kappa shape index (κ3) is 3.80. The molecule has 100 valence electrons. The quantitative estimate of drug-likeness (QED) is 0.746. The molecule has 0 aliphatic rings. The maximum absolute atomic E-state index is 11.6. The van der Waals surface area contributed by atoms with E-state index in [1.165, 1.54) is 6.26 Å². The number of carbonyl (C=O) groups is 2. The predicted molar refractivity (Wildman–Crippen MR) is 65.1 cm³/mol. The van der Waals surface area contributed by atoms with Gasteiger partial charge in [-0.05, 0) is 25.0 Å². The molecule has 0 fully saturated rings. The molecule has 0 saturated heterocycles. The van der Waals surface area contributed by atoms with Gasteiger partial charge in [0.05, 0.1) is 12.3 Å². The summed E-state index contributed by atoms with van der Waals surface area (Å²) in [6, 6.07) is 1.71. The highest BCUT2D eigenvalue weighted by Crippen LogP contribution is 2.12. The number of nitrogens with one attached hydrogen (secondary N) is 2. The van der Waals surface area contributed by atoms with Crippen molar-refractivity contribution < 1.29 is 19.1 Å². The van der Waals surface area contributed by atoms with Crippen molar-refractivity contribution >= 4 is 12.0 Å². The minimum atomic E-state index is -1.05. The van der Waals surface area contributed by atoms with E-state index < -0.39 is 18.0 Å². The lowest BCUT2D eigenvalue weighted by Crippen LogP contribution is -2.49. The van der Waals surface area contributed by atoms with Crippen LogP contribution in [-0.2, 0) is 4.79 Å². The third-order valence-electron chi connectivity index (χ3n) is 2.54. The Morgan fingerprint density at radius 1 is 1.28 bits per heavy atom. The van der Waals surface area contributed by atoms with Gasteiger partial charge in [0.1, 0.15) is 11.8 Å². The number of amides is 2. The Labute approximate surface area is 105 Å². The number of rotatable bonds is 5. The molecule has 2 atom stereocenters. The fourth-order valence-electron chi connectivity index (χ4n) is 1.50. The zero-order valence-electron chi connectivity index (χ0n) is 10.6. The summed E-state index contributed by atoms with van der Waals surface area (Å²) in [5.74, 6) is -0.625. The Kier molecular flexibility index (Phi) is 4.76. The standard InChI is InChI=1S/C12H18N2O4/c1-7(2)10(11(15)16)14-12(17)13-8(3)9-5-4-6-18-9/h4-8,10H,1-3H3,(H,15,16)(H2,13,14,17)/t8?,10-/m0/s1. The summed E-state index contributed by atoms with van der Waals surface area (Å²) < 4.78 is 5.14. The van der Waals surface area contributed by atoms with Crippen LogP contribution in [0, 0.1) is 5.92 Å². The summed E-state index contributed by atoms with van der Waals surface area (Å²) in [4.78, 5) is 22.6. The molecule has 1 rings (SSSR count). The van der Waals surface area contributed by atoms with Gasteiger partial charge in [-0.2, -0.15) is 0 Å². The molecule has 1 unspecified atom stereocenters. The lowest BCUT2D eigenvalue weighted by Gasteiger charge is -2.19. The van der Waals surface area contributed by atoms with E-state index in [1.807, 2.05) is 0 Å². The van der Waals surface area contributed by atoms with Gasteiger partial charge >= 0.3 is 12.0 Å². The van der Waals surface area contributed by atoms with Gasteiger partial charge in [0.25, 0.3) is 0 Å². The van der Waals surface area contributed by atoms with Gasteiger partial charge in [0, 0.05) is 0 Å². The average Bonchev–Trinajstić information content (AvgIpc) is 2.78. The Morgan fingerprint density at radius 3 is 2.39 bits per heavy atom. The molecule has 6 heteroatoms. The molecule has 18 heavy (non-hydrogen) atoms. The van der Waals surface area contributed by atoms with Crippen molar-refractivity contribution in [1.82, 2.24) is 10.6 Å². The van der Waals surface area contributed by atoms with Gasteiger partial charge < -0.3 is 20.2 Å². The number of carboxylic acids is 1. The lowest BCUT2D eigenvalue weighted by atomic mass is 10.1. The second-order valence-electron chi connectivity index (χ2n) is 4.41. The van der Waals surface area contributed by atoms with Crippen LogP contribution >= 0.6 is 0 Å². The normalized spacial score (nSPS) is 14.0. The summed E-state index contributed by atoms with van der Waals surface area (Å²) in [5, 5.41) is 14.0. The van der Waals surface area contributed by atoms with E-state index >= 15 is 0 Å². The topological polar surface area (TPSA) is 91.6 Å². The third-order valence-corrected chi connectivity index (χ3v) is 2.54. The fourth-order valence-corrected chi connectivity index (χ4v) is 1.50. The number of urea groups is 1. The summed E-state index contributed by atoms with van der Waals surface area (Å²) >= 11 is 0. The lowest BCUT2D eigenvalue weighted by molar-refractivity contribution is -0.140. The minimum Gasteiger partial charge on any atom is -0.480 e. The first kappa shape index (κ1) is 14.1. The van der Waals surface area contributed by atoms with Crippen LogP contribution in [0.25, 0.3) is 0 Å². The number of hydrogen-bond donors (Lipinski definition) is 3. The minimum absolute atomic E-state index is 0.188. The van der Waals surface area contributed by atoms with Crippen molar-refractivity contribution in [3.05, 3.63) is 24.2 Å². The van der Waals surface area contributed by atoms with Crippen molar-refractivity contribution in [3.63, 3.8) is 0 Å². The van der Waals surface area contributed by atoms with Crippen molar-refractivity contribution in [3.8, 4) is 0 Å². The molecule has 0 bridgehead atoms. The fraction of sp³-hybridized carbons (Fsp3) is 0.500. The number of carboxylic acid groups (broad SMARTS) is 1. The first-order chi connectivity index (χ1) is 8.41. The van der Waals surface area contributed by atoms with Gasteiger partial charge in [-0.3, -0.25) is 0 Å². The molecule has 6 nitrogen and oxygen atoms in total. The van der Waals surface area contributed by atoms with Crippen LogP contribution in [0.4, 0.5) is 4.79 Å². The van der Waals surface area contributed by atoms with Crippen LogP contribution in [0.5, 0.6) is 0 Å². The van der Waals surface area contributed by atoms with Crippen LogP contribution in [-0.4, -0.2) is 23.1 Å². The maximum Gasteiger partial charge on any atom is 0.326 e. The highest BCUT2D eigenvalue weighted by Gasteiger charge is 2.24. The summed E-state index contributed by atoms with van der Waals surface area (Å²) in [6.45, 7) is 5.22. The maximum atomic E-state index is 11.6. The monoisotopic (exact) mass is 254 g/mol. The van der Waals surface area contributed by atoms with Crippen LogP contribution in [0.1, 0.15) is 32.6 Å². The summed E-state index contributed by atoms with van der Waals surface area (Å²) in [6.07, 6.45) is 1.51. The molecule has 0 spiro atoms. The number of hydrogen-bond acceptors (Lipinski definition) is 3. The number of carbonyl (C=O) groups excluding carboxylic acids is 1. The molecule has 1 aromatic heterocycles. The molecule has 0 aromatic carbocycles. The van der Waals surface area contributed by atoms with E-state index in [2.05, 4.69) is 10.6 Å². The second-order valence-corrected chi connectivity index (χ2v) is 4.41. The van der Waals surface area contributed by atoms with Gasteiger partial charge in [-0.25, -0.2) is 9.59 Å². The Bertz CT molecular complexity index is 400. The zero-order chi connectivity index (χ0) is 13.7. The summed E-state index contributed by atoms with van der Waals surface area (Å²) in [7, 11) is 0. The van der Waals surface area contributed by atoms with Crippen molar-refractivity contribution in [2.75, 3.05) is 0 Å². The molecule has 2 amide bonds. The van der Waals surface area contributed by atoms with Crippen LogP contribution in [0.15, 0.2) is 22.8 Å². The zero-order valence-corrected chi connectivity index (χ0v) is 10.6. The Morgan fingerprint density at radius 2 is 1.94 bits per heavy atom. The van der Waals surface area contributed by atoms with E-state index in [1.54, 1.807) is 32.9 Å². The van der Waals surface area contributed by atoms with E-state index in [9.17, 15) is 9.59 Å². The Hall–Kier alpha value is -1.98. The Balaban J connectivity index is 2.53. The molecule has 0 aliphatic carbocycles. The predicted octanol–water partition coefficient (Wildman–Crippen LogP) is 1.75. The highest BCUT2D eigenvalue weighted by molar-refractivity contribution is 5.82. The molecule has 0 radical (unpaired) electrons. The highest BCUT2D eigenvalue weighted by atomic mass is 16.4. The number of furan rings is 1. The van der Waals surface area contributed by atoms with E-state index in [0.717, 1.165) is 0 Å². The SMILES string of the molecule is CC(NC(=O)N[C@H](C(=O)O)C(C)C)c1ccco1. The van der Waals surface area contributed by atoms with Crippen molar-refractivity contribution in [2.45, 2.75) is 32.9 Å². The van der Waals surface area contributed by atoms with Crippen LogP contribution < -0.4 is 10.6 Å². The second kappa shape index (κ2) is 6.09. The number of aliphatic carboxylic acids is 1. The molecule has 3 N–H and O–H groups in total. The molecular weight excluding hydrogens is 236 g/mol. The molecule has 0 saturated carbocycles. The van der Waals surface area contributed by atoms with Crippen molar-refractivity contribution in [2.24, 2.45) is 5.92 Å². The van der Waals surface area contributed by atoms with E-state index in [4.69, 9.17) is 9.52 Å². The largest absolute Gasteiger partial charge is 0.480 e. The first-order valence-corrected chi connectivity index (χ1v) is 5.75. The average molecular weight is 254 g/mol. The molecular formula is C12H18N2O4. The molecule has 1 aromatic rings. The van der Waals surface area contributed by atoms with Crippen molar-refractivity contribution in [1.29, 1.82) is 0 Å². The van der Waals surface area contributed by atoms with E-state index in [0.29, 0.717) is 5.76 Å². The molecule has 0 aliphatic heterocycles. The van der Waals surface area contributed by atoms with Gasteiger partial charge in [0.2, 0.25) is 0 Å². The van der Waals surface area contributed by atoms with Gasteiger partial charge in [-0.1, -0.05) is 13.8 Å². The van der Waals surface area contributed by atoms with Gasteiger partial charge in [0.15, 0.2) is 0 Å². The van der Waals surface area contributed by atoms with Crippen LogP contribution in [0.2, 0.25) is 0 Å². The van der Waals surface area contributed by atoms with E-state index in [-0.39, 0.29) is 12.0 Å². The first-order valence-electron chi connectivity index (χ1n) is 5.75. The van der Waals surface area contributed by atoms with Crippen LogP contribution in [0.3, 0.4) is 0 Å². The summed E-state index contributed by atoms with van der Waals surface area (Å²) in [5.41, 5.74) is 0. The smallest absolute Gasteiger partial charge is 0.326 e.